The van der Waals surface area contributed by atoms with E-state index in [2.05, 4.69) is 57.6 Å². The molecule has 0 spiro atoms. The first-order valence-electron chi connectivity index (χ1n) is 11.2. The highest BCUT2D eigenvalue weighted by molar-refractivity contribution is 5.94. The van der Waals surface area contributed by atoms with Crippen LogP contribution < -0.4 is 10.2 Å². The van der Waals surface area contributed by atoms with Crippen molar-refractivity contribution in [1.29, 1.82) is 0 Å². The molecule has 2 aromatic carbocycles. The molecule has 0 saturated carbocycles. The van der Waals surface area contributed by atoms with Crippen LogP contribution in [0.2, 0.25) is 0 Å². The van der Waals surface area contributed by atoms with Crippen LogP contribution >= 0.6 is 0 Å². The maximum Gasteiger partial charge on any atom is 0.241 e. The highest BCUT2D eigenvalue weighted by Crippen LogP contribution is 2.24. The van der Waals surface area contributed by atoms with Crippen LogP contribution in [0.4, 0.5) is 11.4 Å². The average molecular weight is 408 g/mol. The molecule has 4 rings (SSSR count). The van der Waals surface area contributed by atoms with Gasteiger partial charge in [0.1, 0.15) is 0 Å². The number of anilines is 2. The molecule has 2 aromatic rings. The van der Waals surface area contributed by atoms with Gasteiger partial charge in [0.25, 0.3) is 0 Å². The second-order valence-electron chi connectivity index (χ2n) is 8.48. The molecule has 2 aliphatic rings. The van der Waals surface area contributed by atoms with Crippen LogP contribution in [-0.2, 0) is 16.0 Å². The third-order valence-electron chi connectivity index (χ3n) is 6.45. The van der Waals surface area contributed by atoms with E-state index in [4.69, 9.17) is 4.74 Å². The Kier molecular flexibility index (Phi) is 7.03. The Labute approximate surface area is 180 Å². The van der Waals surface area contributed by atoms with Gasteiger partial charge in [0.05, 0.1) is 19.3 Å². The number of benzene rings is 2. The molecule has 1 N–H and O–H groups in total. The lowest BCUT2D eigenvalue weighted by atomic mass is 9.89. The number of hydrogen-bond donors (Lipinski definition) is 1. The highest BCUT2D eigenvalue weighted by Gasteiger charge is 2.26. The van der Waals surface area contributed by atoms with Crippen molar-refractivity contribution in [3.05, 3.63) is 60.2 Å². The first-order chi connectivity index (χ1) is 14.7. The molecule has 2 heterocycles. The van der Waals surface area contributed by atoms with Crippen LogP contribution in [0.5, 0.6) is 0 Å². The normalized spacial score (nSPS) is 19.4. The summed E-state index contributed by atoms with van der Waals surface area (Å²) in [6.07, 6.45) is 3.45. The van der Waals surface area contributed by atoms with Crippen molar-refractivity contribution in [2.45, 2.75) is 32.2 Å². The van der Waals surface area contributed by atoms with Crippen molar-refractivity contribution in [2.24, 2.45) is 5.92 Å². The largest absolute Gasteiger partial charge is 0.378 e. The van der Waals surface area contributed by atoms with E-state index in [0.29, 0.717) is 5.92 Å². The SMILES string of the molecule is C[C@@H](C(=O)Nc1ccc(N2CCOCC2)cc1)N1CCC(Cc2ccccc2)CC1. The number of nitrogens with zero attached hydrogens (tertiary/aromatic N) is 2. The topological polar surface area (TPSA) is 44.8 Å². The number of likely N-dealkylation sites (tertiary alicyclic amines) is 1. The number of rotatable bonds is 6. The molecule has 5 nitrogen and oxygen atoms in total. The number of carbonyl (C=O) groups excluding carboxylic acids is 1. The van der Waals surface area contributed by atoms with E-state index >= 15 is 0 Å². The van der Waals surface area contributed by atoms with Crippen LogP contribution in [0.15, 0.2) is 54.6 Å². The molecule has 2 saturated heterocycles. The lowest BCUT2D eigenvalue weighted by molar-refractivity contribution is -0.121. The summed E-state index contributed by atoms with van der Waals surface area (Å²) in [6, 6.07) is 18.8. The number of carbonyl (C=O) groups is 1. The molecule has 160 valence electrons. The standard InChI is InChI=1S/C25H33N3O2/c1-20(27-13-11-22(12-14-27)19-21-5-3-2-4-6-21)25(29)26-23-7-9-24(10-8-23)28-15-17-30-18-16-28/h2-10,20,22H,11-19H2,1H3,(H,26,29)/t20-/m0/s1. The van der Waals surface area contributed by atoms with Gasteiger partial charge in [-0.05, 0) is 75.0 Å². The van der Waals surface area contributed by atoms with Crippen LogP contribution in [0, 0.1) is 5.92 Å². The summed E-state index contributed by atoms with van der Waals surface area (Å²) in [4.78, 5) is 17.4. The number of nitrogens with one attached hydrogen (secondary N) is 1. The second kappa shape index (κ2) is 10.1. The van der Waals surface area contributed by atoms with E-state index in [0.717, 1.165) is 64.3 Å². The molecule has 0 aliphatic carbocycles. The molecule has 0 aromatic heterocycles. The van der Waals surface area contributed by atoms with Gasteiger partial charge in [-0.3, -0.25) is 9.69 Å². The van der Waals surface area contributed by atoms with Gasteiger partial charge in [-0.2, -0.15) is 0 Å². The lowest BCUT2D eigenvalue weighted by Gasteiger charge is -2.35. The van der Waals surface area contributed by atoms with Crippen LogP contribution in [0.1, 0.15) is 25.3 Å². The molecule has 0 bridgehead atoms. The van der Waals surface area contributed by atoms with E-state index in [9.17, 15) is 4.79 Å². The molecule has 2 aliphatic heterocycles. The Morgan fingerprint density at radius 3 is 2.33 bits per heavy atom. The van der Waals surface area contributed by atoms with Gasteiger partial charge in [-0.1, -0.05) is 30.3 Å². The summed E-state index contributed by atoms with van der Waals surface area (Å²) in [5, 5.41) is 3.10. The third-order valence-corrected chi connectivity index (χ3v) is 6.45. The van der Waals surface area contributed by atoms with Crippen molar-refractivity contribution in [3.63, 3.8) is 0 Å². The molecule has 5 heteroatoms. The second-order valence-corrected chi connectivity index (χ2v) is 8.48. The van der Waals surface area contributed by atoms with Gasteiger partial charge in [-0.25, -0.2) is 0 Å². The molecular formula is C25H33N3O2. The highest BCUT2D eigenvalue weighted by atomic mass is 16.5. The van der Waals surface area contributed by atoms with E-state index in [-0.39, 0.29) is 11.9 Å². The number of ether oxygens (including phenoxy) is 1. The Hall–Kier alpha value is -2.37. The summed E-state index contributed by atoms with van der Waals surface area (Å²) in [5.41, 5.74) is 3.47. The molecule has 2 fully saturated rings. The third kappa shape index (κ3) is 5.41. The summed E-state index contributed by atoms with van der Waals surface area (Å²) in [6.45, 7) is 7.39. The smallest absolute Gasteiger partial charge is 0.241 e. The van der Waals surface area contributed by atoms with Gasteiger partial charge in [-0.15, -0.1) is 0 Å². The van der Waals surface area contributed by atoms with Gasteiger partial charge in [0, 0.05) is 24.5 Å². The fourth-order valence-electron chi connectivity index (χ4n) is 4.48. The molecule has 0 unspecified atom stereocenters. The Bertz CT molecular complexity index is 795. The maximum atomic E-state index is 12.8. The van der Waals surface area contributed by atoms with E-state index in [1.165, 1.54) is 11.3 Å². The first kappa shape index (κ1) is 20.9. The minimum Gasteiger partial charge on any atom is -0.378 e. The fraction of sp³-hybridized carbons (Fsp3) is 0.480. The van der Waals surface area contributed by atoms with Crippen molar-refractivity contribution in [1.82, 2.24) is 4.90 Å². The predicted octanol–water partition coefficient (Wildman–Crippen LogP) is 3.80. The summed E-state index contributed by atoms with van der Waals surface area (Å²) in [7, 11) is 0. The number of amides is 1. The predicted molar refractivity (Wildman–Crippen MR) is 122 cm³/mol. The lowest BCUT2D eigenvalue weighted by Crippen LogP contribution is -2.46. The molecule has 1 atom stereocenters. The Morgan fingerprint density at radius 1 is 1.00 bits per heavy atom. The Morgan fingerprint density at radius 2 is 1.67 bits per heavy atom. The van der Waals surface area contributed by atoms with Gasteiger partial charge < -0.3 is 15.0 Å². The average Bonchev–Trinajstić information content (AvgIpc) is 2.81. The number of morpholine rings is 1. The minimum atomic E-state index is -0.110. The zero-order chi connectivity index (χ0) is 20.8. The van der Waals surface area contributed by atoms with Gasteiger partial charge in [0.2, 0.25) is 5.91 Å². The zero-order valence-electron chi connectivity index (χ0n) is 17.9. The van der Waals surface area contributed by atoms with Gasteiger partial charge in [0.15, 0.2) is 0 Å². The number of piperidine rings is 1. The van der Waals surface area contributed by atoms with E-state index < -0.39 is 0 Å². The minimum absolute atomic E-state index is 0.0793. The maximum absolute atomic E-state index is 12.8. The summed E-state index contributed by atoms with van der Waals surface area (Å²) >= 11 is 0. The van der Waals surface area contributed by atoms with Crippen LogP contribution in [0.3, 0.4) is 0 Å². The van der Waals surface area contributed by atoms with Crippen molar-refractivity contribution in [2.75, 3.05) is 49.6 Å². The monoisotopic (exact) mass is 407 g/mol. The molecular weight excluding hydrogens is 374 g/mol. The van der Waals surface area contributed by atoms with E-state index in [1.807, 2.05) is 19.1 Å². The fourth-order valence-corrected chi connectivity index (χ4v) is 4.48. The Balaban J connectivity index is 1.25. The van der Waals surface area contributed by atoms with Crippen molar-refractivity contribution >= 4 is 17.3 Å². The quantitative estimate of drug-likeness (QED) is 0.791. The van der Waals surface area contributed by atoms with Crippen molar-refractivity contribution in [3.8, 4) is 0 Å². The van der Waals surface area contributed by atoms with Crippen LogP contribution in [-0.4, -0.2) is 56.2 Å². The van der Waals surface area contributed by atoms with Crippen molar-refractivity contribution < 1.29 is 9.53 Å². The first-order valence-corrected chi connectivity index (χ1v) is 11.2. The summed E-state index contributed by atoms with van der Waals surface area (Å²) in [5.74, 6) is 0.794. The molecule has 0 radical (unpaired) electrons. The van der Waals surface area contributed by atoms with E-state index in [1.54, 1.807) is 0 Å². The molecule has 30 heavy (non-hydrogen) atoms. The summed E-state index contributed by atoms with van der Waals surface area (Å²) < 4.78 is 5.41. The zero-order valence-corrected chi connectivity index (χ0v) is 17.9. The number of hydrogen-bond acceptors (Lipinski definition) is 4. The van der Waals surface area contributed by atoms with Crippen LogP contribution in [0.25, 0.3) is 0 Å². The van der Waals surface area contributed by atoms with Gasteiger partial charge >= 0.3 is 0 Å². The molecule has 1 amide bonds.